The SMILES string of the molecule is CCCCC(CC)C(=O)O[C@@H]1O[C@H](C(=O)O)[C@@H](O)[C@H](O)[C@H]1O. The van der Waals surface area contributed by atoms with Crippen LogP contribution in [0.2, 0.25) is 0 Å². The van der Waals surface area contributed by atoms with E-state index < -0.39 is 42.6 Å². The number of aliphatic hydroxyl groups is 3. The van der Waals surface area contributed by atoms with Gasteiger partial charge in [0.1, 0.15) is 18.3 Å². The van der Waals surface area contributed by atoms with E-state index in [4.69, 9.17) is 14.6 Å². The van der Waals surface area contributed by atoms with Gasteiger partial charge in [-0.1, -0.05) is 26.7 Å². The number of hydrogen-bond acceptors (Lipinski definition) is 7. The number of hydrogen-bond donors (Lipinski definition) is 4. The molecule has 0 aromatic heterocycles. The predicted octanol–water partition coefficient (Wildman–Crippen LogP) is -0.362. The van der Waals surface area contributed by atoms with E-state index in [0.29, 0.717) is 12.8 Å². The molecule has 8 heteroatoms. The number of carboxylic acid groups (broad SMARTS) is 1. The number of aliphatic carboxylic acids is 1. The molecule has 0 saturated carbocycles. The first-order chi connectivity index (χ1) is 10.3. The van der Waals surface area contributed by atoms with Gasteiger partial charge in [0.05, 0.1) is 5.92 Å². The lowest BCUT2D eigenvalue weighted by molar-refractivity contribution is -0.287. The summed E-state index contributed by atoms with van der Waals surface area (Å²) in [4.78, 5) is 23.0. The van der Waals surface area contributed by atoms with Crippen molar-refractivity contribution in [3.05, 3.63) is 0 Å². The Hall–Kier alpha value is -1.22. The summed E-state index contributed by atoms with van der Waals surface area (Å²) in [6, 6.07) is 0. The van der Waals surface area contributed by atoms with Crippen LogP contribution in [0.15, 0.2) is 0 Å². The first-order valence-corrected chi connectivity index (χ1v) is 7.46. The summed E-state index contributed by atoms with van der Waals surface area (Å²) in [5.74, 6) is -2.52. The Kier molecular flexibility index (Phi) is 7.21. The summed E-state index contributed by atoms with van der Waals surface area (Å²) < 4.78 is 9.92. The zero-order valence-electron chi connectivity index (χ0n) is 12.7. The van der Waals surface area contributed by atoms with E-state index in [1.54, 1.807) is 0 Å². The van der Waals surface area contributed by atoms with Gasteiger partial charge in [-0.2, -0.15) is 0 Å². The second-order valence-corrected chi connectivity index (χ2v) is 5.42. The maximum atomic E-state index is 12.1. The zero-order valence-corrected chi connectivity index (χ0v) is 12.7. The first-order valence-electron chi connectivity index (χ1n) is 7.46. The van der Waals surface area contributed by atoms with Crippen LogP contribution in [-0.2, 0) is 19.1 Å². The summed E-state index contributed by atoms with van der Waals surface area (Å²) >= 11 is 0. The van der Waals surface area contributed by atoms with Gasteiger partial charge in [-0.25, -0.2) is 4.79 Å². The topological polar surface area (TPSA) is 134 Å². The third kappa shape index (κ3) is 4.39. The molecule has 8 nitrogen and oxygen atoms in total. The number of ether oxygens (including phenoxy) is 2. The van der Waals surface area contributed by atoms with Crippen LogP contribution in [0.3, 0.4) is 0 Å². The van der Waals surface area contributed by atoms with Crippen LogP contribution in [0.5, 0.6) is 0 Å². The molecule has 0 aromatic rings. The lowest BCUT2D eigenvalue weighted by atomic mass is 9.98. The molecule has 1 saturated heterocycles. The number of carbonyl (C=O) groups excluding carboxylic acids is 1. The fraction of sp³-hybridized carbons (Fsp3) is 0.857. The van der Waals surface area contributed by atoms with Crippen molar-refractivity contribution < 1.29 is 39.5 Å². The smallest absolute Gasteiger partial charge is 0.335 e. The van der Waals surface area contributed by atoms with Crippen molar-refractivity contribution in [3.8, 4) is 0 Å². The first kappa shape index (κ1) is 18.8. The standard InChI is InChI=1S/C14H24O8/c1-3-5-6-7(4-2)13(20)22-14-10(17)8(15)9(16)11(21-14)12(18)19/h7-11,14-17H,3-6H2,1-2H3,(H,18,19)/t7?,8-,9-,10+,11-,14-/m0/s1. The van der Waals surface area contributed by atoms with E-state index in [2.05, 4.69) is 0 Å². The molecule has 1 aliphatic rings. The molecule has 0 aromatic carbocycles. The van der Waals surface area contributed by atoms with Crippen LogP contribution < -0.4 is 0 Å². The second-order valence-electron chi connectivity index (χ2n) is 5.42. The molecular weight excluding hydrogens is 296 g/mol. The molecule has 0 bridgehead atoms. The Morgan fingerprint density at radius 2 is 1.77 bits per heavy atom. The van der Waals surface area contributed by atoms with Crippen molar-refractivity contribution in [2.45, 2.75) is 70.2 Å². The van der Waals surface area contributed by atoms with Crippen LogP contribution >= 0.6 is 0 Å². The van der Waals surface area contributed by atoms with Crippen molar-refractivity contribution in [1.29, 1.82) is 0 Å². The summed E-state index contributed by atoms with van der Waals surface area (Å²) in [6.45, 7) is 3.81. The van der Waals surface area contributed by atoms with Gasteiger partial charge in [0, 0.05) is 0 Å². The number of esters is 1. The minimum Gasteiger partial charge on any atom is -0.479 e. The molecule has 128 valence electrons. The molecule has 1 rings (SSSR count). The van der Waals surface area contributed by atoms with Crippen LogP contribution in [0.25, 0.3) is 0 Å². The molecule has 0 spiro atoms. The van der Waals surface area contributed by atoms with Crippen LogP contribution in [0.4, 0.5) is 0 Å². The van der Waals surface area contributed by atoms with Crippen molar-refractivity contribution in [1.82, 2.24) is 0 Å². The average Bonchev–Trinajstić information content (AvgIpc) is 2.48. The predicted molar refractivity (Wildman–Crippen MR) is 73.7 cm³/mol. The Morgan fingerprint density at radius 1 is 1.14 bits per heavy atom. The molecule has 1 aliphatic heterocycles. The Balaban J connectivity index is 2.73. The monoisotopic (exact) mass is 320 g/mol. The molecule has 0 radical (unpaired) electrons. The molecular formula is C14H24O8. The molecule has 1 heterocycles. The highest BCUT2D eigenvalue weighted by molar-refractivity contribution is 5.74. The highest BCUT2D eigenvalue weighted by Crippen LogP contribution is 2.24. The quantitative estimate of drug-likeness (QED) is 0.467. The molecule has 0 aliphatic carbocycles. The third-order valence-corrected chi connectivity index (χ3v) is 3.78. The maximum Gasteiger partial charge on any atom is 0.335 e. The van der Waals surface area contributed by atoms with E-state index >= 15 is 0 Å². The minimum atomic E-state index is -1.80. The summed E-state index contributed by atoms with van der Waals surface area (Å²) in [6.07, 6.45) is -5.78. The maximum absolute atomic E-state index is 12.1. The van der Waals surface area contributed by atoms with E-state index in [0.717, 1.165) is 12.8 Å². The summed E-state index contributed by atoms with van der Waals surface area (Å²) in [5.41, 5.74) is 0. The Bertz CT molecular complexity index is 385. The van der Waals surface area contributed by atoms with Gasteiger partial charge in [-0.05, 0) is 12.8 Å². The van der Waals surface area contributed by atoms with Gasteiger partial charge in [0.25, 0.3) is 0 Å². The largest absolute Gasteiger partial charge is 0.479 e. The normalized spacial score (nSPS) is 33.2. The molecule has 1 unspecified atom stereocenters. The van der Waals surface area contributed by atoms with Gasteiger partial charge in [-0.15, -0.1) is 0 Å². The summed E-state index contributed by atoms with van der Waals surface area (Å²) in [5, 5.41) is 37.9. The number of carboxylic acids is 1. The number of carbonyl (C=O) groups is 2. The lowest BCUT2D eigenvalue weighted by Crippen LogP contribution is -2.60. The van der Waals surface area contributed by atoms with Crippen molar-refractivity contribution in [3.63, 3.8) is 0 Å². The number of unbranched alkanes of at least 4 members (excludes halogenated alkanes) is 1. The fourth-order valence-electron chi connectivity index (χ4n) is 2.30. The van der Waals surface area contributed by atoms with Gasteiger partial charge < -0.3 is 29.9 Å². The highest BCUT2D eigenvalue weighted by atomic mass is 16.7. The lowest BCUT2D eigenvalue weighted by Gasteiger charge is -2.38. The van der Waals surface area contributed by atoms with E-state index in [-0.39, 0.29) is 5.92 Å². The van der Waals surface area contributed by atoms with Crippen LogP contribution in [0.1, 0.15) is 39.5 Å². The zero-order chi connectivity index (χ0) is 16.9. The molecule has 22 heavy (non-hydrogen) atoms. The minimum absolute atomic E-state index is 0.386. The van der Waals surface area contributed by atoms with E-state index in [9.17, 15) is 24.9 Å². The third-order valence-electron chi connectivity index (χ3n) is 3.78. The van der Waals surface area contributed by atoms with Gasteiger partial charge >= 0.3 is 11.9 Å². The molecule has 6 atom stereocenters. The van der Waals surface area contributed by atoms with Crippen molar-refractivity contribution in [2.75, 3.05) is 0 Å². The van der Waals surface area contributed by atoms with Gasteiger partial charge in [0.2, 0.25) is 6.29 Å². The van der Waals surface area contributed by atoms with Crippen molar-refractivity contribution in [2.24, 2.45) is 5.92 Å². The number of rotatable bonds is 7. The van der Waals surface area contributed by atoms with E-state index in [1.807, 2.05) is 13.8 Å². The van der Waals surface area contributed by atoms with Crippen LogP contribution in [-0.4, -0.2) is 63.1 Å². The molecule has 4 N–H and O–H groups in total. The molecule has 1 fully saturated rings. The van der Waals surface area contributed by atoms with Gasteiger partial charge in [-0.3, -0.25) is 4.79 Å². The van der Waals surface area contributed by atoms with Gasteiger partial charge in [0.15, 0.2) is 6.10 Å². The van der Waals surface area contributed by atoms with Crippen molar-refractivity contribution >= 4 is 11.9 Å². The Labute approximate surface area is 128 Å². The fourth-order valence-corrected chi connectivity index (χ4v) is 2.30. The Morgan fingerprint density at radius 3 is 2.27 bits per heavy atom. The summed E-state index contributed by atoms with van der Waals surface area (Å²) in [7, 11) is 0. The van der Waals surface area contributed by atoms with Crippen LogP contribution in [0, 0.1) is 5.92 Å². The van der Waals surface area contributed by atoms with E-state index in [1.165, 1.54) is 0 Å². The second kappa shape index (κ2) is 8.42. The highest BCUT2D eigenvalue weighted by Gasteiger charge is 2.48. The number of aliphatic hydroxyl groups excluding tert-OH is 3. The molecule has 0 amide bonds. The average molecular weight is 320 g/mol.